The molecule has 0 bridgehead atoms. The van der Waals surface area contributed by atoms with Crippen molar-refractivity contribution in [1.29, 1.82) is 5.26 Å². The fourth-order valence-electron chi connectivity index (χ4n) is 3.68. The number of nitrogens with zero attached hydrogens (tertiary/aromatic N) is 3. The van der Waals surface area contributed by atoms with E-state index in [4.69, 9.17) is 0 Å². The Morgan fingerprint density at radius 1 is 1.03 bits per heavy atom. The van der Waals surface area contributed by atoms with E-state index in [0.717, 1.165) is 23.7 Å². The Hall–Kier alpha value is -3.24. The number of aliphatic imine (C=N–C) groups is 1. The van der Waals surface area contributed by atoms with Gasteiger partial charge in [-0.3, -0.25) is 9.59 Å². The summed E-state index contributed by atoms with van der Waals surface area (Å²) in [4.78, 5) is 31.9. The number of nitrogens with one attached hydrogen (secondary N) is 1. The average molecular weight is 463 g/mol. The van der Waals surface area contributed by atoms with Gasteiger partial charge in [0.05, 0.1) is 5.70 Å². The van der Waals surface area contributed by atoms with Crippen LogP contribution in [0, 0.1) is 11.3 Å². The van der Waals surface area contributed by atoms with Gasteiger partial charge in [-0.25, -0.2) is 4.99 Å². The highest BCUT2D eigenvalue weighted by Gasteiger charge is 2.29. The number of carbonyl (C=O) groups is 2. The molecule has 2 aliphatic heterocycles. The van der Waals surface area contributed by atoms with Crippen molar-refractivity contribution in [3.63, 3.8) is 0 Å². The monoisotopic (exact) mass is 462 g/mol. The summed E-state index contributed by atoms with van der Waals surface area (Å²) >= 11 is 3.36. The number of carbonyl (C=O) groups excluding carboxylic acids is 2. The van der Waals surface area contributed by atoms with E-state index < -0.39 is 0 Å². The minimum Gasteiger partial charge on any atom is -0.338 e. The first kappa shape index (κ1) is 20.0. The van der Waals surface area contributed by atoms with Crippen LogP contribution in [0.4, 0.5) is 0 Å². The van der Waals surface area contributed by atoms with Crippen molar-refractivity contribution < 1.29 is 9.59 Å². The molecule has 4 rings (SSSR count). The summed E-state index contributed by atoms with van der Waals surface area (Å²) in [5.41, 5.74) is 2.16. The molecule has 2 aromatic carbocycles. The molecule has 0 radical (unpaired) electrons. The zero-order valence-corrected chi connectivity index (χ0v) is 17.8. The fourth-order valence-corrected chi connectivity index (χ4v) is 4.08. The molecule has 2 amide bonds. The number of amides is 2. The first-order valence-corrected chi connectivity index (χ1v) is 10.6. The van der Waals surface area contributed by atoms with Crippen molar-refractivity contribution in [2.24, 2.45) is 4.99 Å². The van der Waals surface area contributed by atoms with Gasteiger partial charge in [-0.15, -0.1) is 0 Å². The maximum Gasteiger partial charge on any atom is 0.266 e. The van der Waals surface area contributed by atoms with Gasteiger partial charge in [0.2, 0.25) is 0 Å². The van der Waals surface area contributed by atoms with Gasteiger partial charge >= 0.3 is 0 Å². The highest BCUT2D eigenvalue weighted by atomic mass is 79.9. The molecule has 2 heterocycles. The van der Waals surface area contributed by atoms with E-state index in [-0.39, 0.29) is 17.4 Å². The van der Waals surface area contributed by atoms with Crippen molar-refractivity contribution in [2.75, 3.05) is 13.1 Å². The third kappa shape index (κ3) is 3.91. The quantitative estimate of drug-likeness (QED) is 0.542. The van der Waals surface area contributed by atoms with Crippen molar-refractivity contribution in [3.8, 4) is 6.07 Å². The van der Waals surface area contributed by atoms with Crippen LogP contribution in [0.15, 0.2) is 63.6 Å². The molecule has 1 saturated heterocycles. The van der Waals surface area contributed by atoms with Crippen molar-refractivity contribution in [2.45, 2.75) is 19.3 Å². The standard InChI is InChI=1S/C23H19BrN4O2/c24-16-8-6-7-15(13-16)22(29)27-21-18-10-3-2-9-17(18)20(26-21)19(14-25)23(30)28-11-4-1-5-12-28/h2-3,6-10,13H,1,4-5,11-12H2,(H,26,27,29)/b20-19-. The van der Waals surface area contributed by atoms with Crippen LogP contribution in [0.3, 0.4) is 0 Å². The van der Waals surface area contributed by atoms with E-state index in [9.17, 15) is 14.9 Å². The molecule has 1 N–H and O–H groups in total. The summed E-state index contributed by atoms with van der Waals surface area (Å²) in [6, 6.07) is 16.4. The molecule has 0 saturated carbocycles. The highest BCUT2D eigenvalue weighted by Crippen LogP contribution is 2.31. The summed E-state index contributed by atoms with van der Waals surface area (Å²) < 4.78 is 0.795. The van der Waals surface area contributed by atoms with Crippen LogP contribution in [0.2, 0.25) is 0 Å². The number of fused-ring (bicyclic) bond motifs is 1. The minimum atomic E-state index is -0.313. The fraction of sp³-hybridized carbons (Fsp3) is 0.217. The Morgan fingerprint density at radius 2 is 1.77 bits per heavy atom. The lowest BCUT2D eigenvalue weighted by molar-refractivity contribution is -0.127. The van der Waals surface area contributed by atoms with Gasteiger partial charge in [-0.1, -0.05) is 46.3 Å². The molecule has 0 atom stereocenters. The zero-order valence-electron chi connectivity index (χ0n) is 16.2. The number of amidine groups is 1. The normalized spacial score (nSPS) is 16.9. The molecule has 7 heteroatoms. The van der Waals surface area contributed by atoms with Crippen LogP contribution in [-0.2, 0) is 4.79 Å². The van der Waals surface area contributed by atoms with Crippen molar-refractivity contribution >= 4 is 39.3 Å². The summed E-state index contributed by atoms with van der Waals surface area (Å²) in [7, 11) is 0. The van der Waals surface area contributed by atoms with Crippen LogP contribution in [0.25, 0.3) is 5.70 Å². The van der Waals surface area contributed by atoms with E-state index in [1.165, 1.54) is 0 Å². The van der Waals surface area contributed by atoms with Crippen LogP contribution < -0.4 is 5.32 Å². The minimum absolute atomic E-state index is 0.0102. The Labute approximate surface area is 183 Å². The number of halogens is 1. The molecule has 0 spiro atoms. The maximum absolute atomic E-state index is 13.0. The lowest BCUT2D eigenvalue weighted by Crippen LogP contribution is -2.36. The molecule has 150 valence electrons. The summed E-state index contributed by atoms with van der Waals surface area (Å²) in [6.07, 6.45) is 2.97. The number of benzene rings is 2. The van der Waals surface area contributed by atoms with Gasteiger partial charge in [-0.05, 0) is 37.5 Å². The summed E-state index contributed by atoms with van der Waals surface area (Å²) in [5, 5.41) is 12.6. The molecular formula is C23H19BrN4O2. The predicted octanol–water partition coefficient (Wildman–Crippen LogP) is 3.89. The van der Waals surface area contributed by atoms with Crippen LogP contribution in [0.5, 0.6) is 0 Å². The zero-order chi connectivity index (χ0) is 21.1. The first-order valence-electron chi connectivity index (χ1n) is 9.77. The molecule has 30 heavy (non-hydrogen) atoms. The van der Waals surface area contributed by atoms with E-state index in [1.807, 2.05) is 30.3 Å². The second kappa shape index (κ2) is 8.64. The smallest absolute Gasteiger partial charge is 0.266 e. The van der Waals surface area contributed by atoms with Crippen LogP contribution >= 0.6 is 15.9 Å². The van der Waals surface area contributed by atoms with Crippen LogP contribution in [0.1, 0.15) is 40.7 Å². The lowest BCUT2D eigenvalue weighted by Gasteiger charge is -2.26. The van der Waals surface area contributed by atoms with Gasteiger partial charge < -0.3 is 10.2 Å². The lowest BCUT2D eigenvalue weighted by atomic mass is 10.0. The molecule has 6 nitrogen and oxygen atoms in total. The number of nitriles is 1. The first-order chi connectivity index (χ1) is 14.6. The van der Waals surface area contributed by atoms with Gasteiger partial charge in [0.1, 0.15) is 17.5 Å². The number of piperidine rings is 1. The van der Waals surface area contributed by atoms with E-state index in [2.05, 4.69) is 32.3 Å². The number of hydrogen-bond donors (Lipinski definition) is 1. The second-order valence-electron chi connectivity index (χ2n) is 7.16. The Balaban J connectivity index is 1.71. The van der Waals surface area contributed by atoms with Crippen LogP contribution in [-0.4, -0.2) is 35.6 Å². The van der Waals surface area contributed by atoms with Gasteiger partial charge in [0, 0.05) is 34.3 Å². The van der Waals surface area contributed by atoms with Crippen molar-refractivity contribution in [3.05, 3.63) is 75.3 Å². The van der Waals surface area contributed by atoms with E-state index >= 15 is 0 Å². The molecular weight excluding hydrogens is 444 g/mol. The van der Waals surface area contributed by atoms with Gasteiger partial charge in [0.15, 0.2) is 0 Å². The molecule has 2 aliphatic rings. The Kier molecular flexibility index (Phi) is 5.77. The number of rotatable bonds is 2. The predicted molar refractivity (Wildman–Crippen MR) is 118 cm³/mol. The van der Waals surface area contributed by atoms with Crippen molar-refractivity contribution in [1.82, 2.24) is 10.2 Å². The largest absolute Gasteiger partial charge is 0.338 e. The van der Waals surface area contributed by atoms with Gasteiger partial charge in [-0.2, -0.15) is 5.26 Å². The molecule has 2 aromatic rings. The van der Waals surface area contributed by atoms with E-state index in [1.54, 1.807) is 23.1 Å². The summed E-state index contributed by atoms with van der Waals surface area (Å²) in [5.74, 6) is -0.276. The molecule has 0 aliphatic carbocycles. The highest BCUT2D eigenvalue weighted by molar-refractivity contribution is 9.10. The Morgan fingerprint density at radius 3 is 2.47 bits per heavy atom. The molecule has 0 aromatic heterocycles. The summed E-state index contributed by atoms with van der Waals surface area (Å²) in [6.45, 7) is 1.30. The average Bonchev–Trinajstić information content (AvgIpc) is 3.13. The third-order valence-corrected chi connectivity index (χ3v) is 5.68. The van der Waals surface area contributed by atoms with E-state index in [0.29, 0.717) is 41.3 Å². The second-order valence-corrected chi connectivity index (χ2v) is 8.07. The maximum atomic E-state index is 13.0. The Bertz CT molecular complexity index is 1120. The SMILES string of the molecule is N#C/C(C(=O)N1CCCCC1)=C1/N=C(NC(=O)c2cccc(Br)c2)c2ccccc21. The number of likely N-dealkylation sites (tertiary alicyclic amines) is 1. The molecule has 0 unspecified atom stereocenters. The number of hydrogen-bond acceptors (Lipinski definition) is 4. The molecule has 1 fully saturated rings. The topological polar surface area (TPSA) is 85.6 Å². The van der Waals surface area contributed by atoms with Gasteiger partial charge in [0.25, 0.3) is 11.8 Å². The third-order valence-electron chi connectivity index (χ3n) is 5.19.